The highest BCUT2D eigenvalue weighted by Crippen LogP contribution is 2.24. The first-order valence-electron chi connectivity index (χ1n) is 8.48. The summed E-state index contributed by atoms with van der Waals surface area (Å²) in [7, 11) is 0. The van der Waals surface area contributed by atoms with Crippen LogP contribution >= 0.6 is 0 Å². The Morgan fingerprint density at radius 3 is 2.63 bits per heavy atom. The molecule has 0 saturated carbocycles. The summed E-state index contributed by atoms with van der Waals surface area (Å²) in [5.74, 6) is -1.51. The molecule has 6 nitrogen and oxygen atoms in total. The highest BCUT2D eigenvalue weighted by atomic mass is 19.1. The van der Waals surface area contributed by atoms with Gasteiger partial charge < -0.3 is 9.67 Å². The van der Waals surface area contributed by atoms with Crippen LogP contribution in [-0.2, 0) is 17.9 Å². The molecule has 0 spiro atoms. The number of fused-ring (bicyclic) bond motifs is 3. The molecule has 7 heteroatoms. The fourth-order valence-corrected chi connectivity index (χ4v) is 3.31. The van der Waals surface area contributed by atoms with Gasteiger partial charge in [-0.3, -0.25) is 14.3 Å². The van der Waals surface area contributed by atoms with Crippen molar-refractivity contribution in [2.24, 2.45) is 0 Å². The highest BCUT2D eigenvalue weighted by Gasteiger charge is 2.16. The van der Waals surface area contributed by atoms with E-state index in [2.05, 4.69) is 5.10 Å². The number of nitrogens with zero attached hydrogens (tertiary/aromatic N) is 3. The number of carboxylic acids is 1. The molecular weight excluding hydrogens is 349 g/mol. The third kappa shape index (κ3) is 3.08. The van der Waals surface area contributed by atoms with Crippen LogP contribution in [0.4, 0.5) is 4.39 Å². The normalized spacial score (nSPS) is 11.3. The highest BCUT2D eigenvalue weighted by molar-refractivity contribution is 6.03. The number of carbonyl (C=O) groups is 1. The maximum absolute atomic E-state index is 13.9. The molecule has 2 aromatic carbocycles. The van der Waals surface area contributed by atoms with Gasteiger partial charge in [-0.25, -0.2) is 4.39 Å². The number of carboxylic acid groups (broad SMARTS) is 1. The molecule has 0 aliphatic heterocycles. The van der Waals surface area contributed by atoms with E-state index in [4.69, 9.17) is 5.11 Å². The monoisotopic (exact) mass is 365 g/mol. The summed E-state index contributed by atoms with van der Waals surface area (Å²) in [6.45, 7) is 0.434. The van der Waals surface area contributed by atoms with Crippen molar-refractivity contribution in [1.82, 2.24) is 14.3 Å². The van der Waals surface area contributed by atoms with Gasteiger partial charge in [-0.05, 0) is 23.8 Å². The van der Waals surface area contributed by atoms with Crippen molar-refractivity contribution >= 4 is 27.8 Å². The Morgan fingerprint density at radius 1 is 1.11 bits per heavy atom. The molecule has 1 N–H and O–H groups in total. The second kappa shape index (κ2) is 6.68. The van der Waals surface area contributed by atoms with Crippen molar-refractivity contribution in [3.8, 4) is 0 Å². The molecule has 27 heavy (non-hydrogen) atoms. The summed E-state index contributed by atoms with van der Waals surface area (Å²) >= 11 is 0. The SMILES string of the molecule is O=C(O)CCn1c(=O)c2cnn(Cc3ccccc3)c2c2ccc(F)cc21. The van der Waals surface area contributed by atoms with Gasteiger partial charge >= 0.3 is 5.97 Å². The smallest absolute Gasteiger partial charge is 0.305 e. The number of aliphatic carboxylic acids is 1. The third-order valence-corrected chi connectivity index (χ3v) is 4.55. The van der Waals surface area contributed by atoms with Crippen LogP contribution in [0.1, 0.15) is 12.0 Å². The first kappa shape index (κ1) is 17.0. The van der Waals surface area contributed by atoms with E-state index in [9.17, 15) is 14.0 Å². The Morgan fingerprint density at radius 2 is 1.89 bits per heavy atom. The Kier molecular flexibility index (Phi) is 4.19. The van der Waals surface area contributed by atoms with Gasteiger partial charge in [0, 0.05) is 11.9 Å². The summed E-state index contributed by atoms with van der Waals surface area (Å²) < 4.78 is 16.9. The maximum Gasteiger partial charge on any atom is 0.305 e. The fraction of sp³-hybridized carbons (Fsp3) is 0.150. The summed E-state index contributed by atoms with van der Waals surface area (Å²) in [5.41, 5.74) is 1.63. The minimum absolute atomic E-state index is 0.0338. The lowest BCUT2D eigenvalue weighted by Crippen LogP contribution is -2.22. The van der Waals surface area contributed by atoms with Gasteiger partial charge in [-0.2, -0.15) is 5.10 Å². The van der Waals surface area contributed by atoms with Gasteiger partial charge in [0.1, 0.15) is 5.82 Å². The first-order chi connectivity index (χ1) is 13.0. The van der Waals surface area contributed by atoms with Crippen LogP contribution in [0.2, 0.25) is 0 Å². The van der Waals surface area contributed by atoms with E-state index in [1.54, 1.807) is 10.7 Å². The third-order valence-electron chi connectivity index (χ3n) is 4.55. The number of halogens is 1. The van der Waals surface area contributed by atoms with Crippen LogP contribution in [-0.4, -0.2) is 25.4 Å². The van der Waals surface area contributed by atoms with E-state index in [0.717, 1.165) is 5.56 Å². The van der Waals surface area contributed by atoms with E-state index in [0.29, 0.717) is 28.4 Å². The Bertz CT molecular complexity index is 1210. The fourth-order valence-electron chi connectivity index (χ4n) is 3.31. The number of aromatic nitrogens is 3. The maximum atomic E-state index is 13.9. The lowest BCUT2D eigenvalue weighted by Gasteiger charge is -2.12. The molecule has 2 heterocycles. The van der Waals surface area contributed by atoms with Gasteiger partial charge in [-0.1, -0.05) is 30.3 Å². The van der Waals surface area contributed by atoms with Gasteiger partial charge in [0.15, 0.2) is 0 Å². The predicted molar refractivity (Wildman–Crippen MR) is 99.3 cm³/mol. The van der Waals surface area contributed by atoms with Crippen molar-refractivity contribution in [3.05, 3.63) is 76.5 Å². The lowest BCUT2D eigenvalue weighted by atomic mass is 10.1. The van der Waals surface area contributed by atoms with E-state index in [-0.39, 0.29) is 18.5 Å². The van der Waals surface area contributed by atoms with Crippen molar-refractivity contribution < 1.29 is 14.3 Å². The van der Waals surface area contributed by atoms with Gasteiger partial charge in [-0.15, -0.1) is 0 Å². The molecule has 4 aromatic rings. The molecule has 4 rings (SSSR count). The van der Waals surface area contributed by atoms with Gasteiger partial charge in [0.2, 0.25) is 0 Å². The van der Waals surface area contributed by atoms with Crippen molar-refractivity contribution in [2.45, 2.75) is 19.5 Å². The number of benzene rings is 2. The standard InChI is InChI=1S/C20H16FN3O3/c21-14-6-7-15-17(10-14)23(9-8-18(25)26)20(27)16-11-22-24(19(15)16)12-13-4-2-1-3-5-13/h1-7,10-11H,8-9,12H2,(H,25,26). The summed E-state index contributed by atoms with van der Waals surface area (Å²) in [5, 5.41) is 14.4. The molecule has 0 radical (unpaired) electrons. The van der Waals surface area contributed by atoms with Gasteiger partial charge in [0.05, 0.1) is 35.6 Å². The van der Waals surface area contributed by atoms with Crippen LogP contribution in [0, 0.1) is 5.82 Å². The van der Waals surface area contributed by atoms with Crippen LogP contribution in [0.15, 0.2) is 59.5 Å². The zero-order valence-electron chi connectivity index (χ0n) is 14.3. The minimum Gasteiger partial charge on any atom is -0.481 e. The molecule has 136 valence electrons. The van der Waals surface area contributed by atoms with E-state index < -0.39 is 11.8 Å². The number of pyridine rings is 1. The lowest BCUT2D eigenvalue weighted by molar-refractivity contribution is -0.137. The van der Waals surface area contributed by atoms with Crippen LogP contribution in [0.3, 0.4) is 0 Å². The zero-order valence-corrected chi connectivity index (χ0v) is 14.3. The Balaban J connectivity index is 1.96. The number of hydrogen-bond donors (Lipinski definition) is 1. The summed E-state index contributed by atoms with van der Waals surface area (Å²) in [6.07, 6.45) is 1.26. The van der Waals surface area contributed by atoms with E-state index in [1.165, 1.54) is 22.9 Å². The molecule has 0 aliphatic carbocycles. The van der Waals surface area contributed by atoms with E-state index >= 15 is 0 Å². The largest absolute Gasteiger partial charge is 0.481 e. The van der Waals surface area contributed by atoms with Crippen LogP contribution < -0.4 is 5.56 Å². The summed E-state index contributed by atoms with van der Waals surface area (Å²) in [6, 6.07) is 13.9. The molecule has 2 aromatic heterocycles. The van der Waals surface area contributed by atoms with Crippen molar-refractivity contribution in [2.75, 3.05) is 0 Å². The first-order valence-corrected chi connectivity index (χ1v) is 8.48. The molecule has 0 bridgehead atoms. The van der Waals surface area contributed by atoms with Crippen LogP contribution in [0.25, 0.3) is 21.8 Å². The average Bonchev–Trinajstić information content (AvgIpc) is 3.06. The molecule has 0 saturated heterocycles. The second-order valence-electron chi connectivity index (χ2n) is 6.31. The molecule has 0 fully saturated rings. The number of hydrogen-bond acceptors (Lipinski definition) is 3. The quantitative estimate of drug-likeness (QED) is 0.590. The predicted octanol–water partition coefficient (Wildman–Crippen LogP) is 3.01. The summed E-state index contributed by atoms with van der Waals surface area (Å²) in [4.78, 5) is 23.9. The topological polar surface area (TPSA) is 77.1 Å². The second-order valence-corrected chi connectivity index (χ2v) is 6.31. The average molecular weight is 365 g/mol. The van der Waals surface area contributed by atoms with Gasteiger partial charge in [0.25, 0.3) is 5.56 Å². The molecule has 0 aliphatic rings. The Hall–Kier alpha value is -3.48. The van der Waals surface area contributed by atoms with E-state index in [1.807, 2.05) is 30.3 Å². The van der Waals surface area contributed by atoms with Crippen LogP contribution in [0.5, 0.6) is 0 Å². The Labute approximate surface area is 153 Å². The molecular formula is C20H16FN3O3. The molecule has 0 atom stereocenters. The van der Waals surface area contributed by atoms with Crippen molar-refractivity contribution in [3.63, 3.8) is 0 Å². The number of aryl methyl sites for hydroxylation is 1. The number of rotatable bonds is 5. The van der Waals surface area contributed by atoms with Crippen molar-refractivity contribution in [1.29, 1.82) is 0 Å². The zero-order chi connectivity index (χ0) is 19.0. The molecule has 0 amide bonds. The minimum atomic E-state index is -1.02. The molecule has 0 unspecified atom stereocenters.